The van der Waals surface area contributed by atoms with Gasteiger partial charge in [-0.15, -0.1) is 0 Å². The molecule has 11 heteroatoms. The monoisotopic (exact) mass is 517 g/mol. The summed E-state index contributed by atoms with van der Waals surface area (Å²) in [5.41, 5.74) is 6.67. The molecule has 198 valence electrons. The van der Waals surface area contributed by atoms with Crippen molar-refractivity contribution in [3.8, 4) is 17.0 Å². The second kappa shape index (κ2) is 12.2. The van der Waals surface area contributed by atoms with Crippen molar-refractivity contribution in [2.75, 3.05) is 26.4 Å². The van der Waals surface area contributed by atoms with E-state index in [9.17, 15) is 9.18 Å². The summed E-state index contributed by atoms with van der Waals surface area (Å²) < 4.78 is 19.4. The van der Waals surface area contributed by atoms with Gasteiger partial charge in [-0.3, -0.25) is 9.89 Å². The van der Waals surface area contributed by atoms with Crippen LogP contribution in [0.3, 0.4) is 0 Å². The summed E-state index contributed by atoms with van der Waals surface area (Å²) in [6, 6.07) is 9.30. The van der Waals surface area contributed by atoms with E-state index in [0.29, 0.717) is 24.5 Å². The van der Waals surface area contributed by atoms with E-state index in [0.717, 1.165) is 39.2 Å². The topological polar surface area (TPSA) is 114 Å². The number of amides is 1. The van der Waals surface area contributed by atoms with Crippen LogP contribution >= 0.6 is 0 Å². The highest BCUT2D eigenvalue weighted by Gasteiger charge is 2.22. The van der Waals surface area contributed by atoms with Crippen LogP contribution in [0.25, 0.3) is 27.9 Å². The number of alkyl halides is 1. The van der Waals surface area contributed by atoms with Gasteiger partial charge in [-0.05, 0) is 58.0 Å². The maximum atomic E-state index is 12.8. The van der Waals surface area contributed by atoms with Gasteiger partial charge in [0.1, 0.15) is 36.4 Å². The Hall–Kier alpha value is -4.41. The Labute approximate surface area is 219 Å². The van der Waals surface area contributed by atoms with Gasteiger partial charge in [-0.25, -0.2) is 23.9 Å². The summed E-state index contributed by atoms with van der Waals surface area (Å²) in [5, 5.41) is 11.3. The summed E-state index contributed by atoms with van der Waals surface area (Å²) in [6.45, 7) is 8.68. The number of halogens is 1. The van der Waals surface area contributed by atoms with Gasteiger partial charge in [-0.1, -0.05) is 0 Å². The summed E-state index contributed by atoms with van der Waals surface area (Å²) in [7, 11) is 0. The minimum atomic E-state index is -0.532. The van der Waals surface area contributed by atoms with E-state index in [1.54, 1.807) is 29.0 Å². The molecule has 0 fully saturated rings. The van der Waals surface area contributed by atoms with E-state index in [-0.39, 0.29) is 18.9 Å². The van der Waals surface area contributed by atoms with E-state index < -0.39 is 6.67 Å². The molecule has 4 aromatic heterocycles. The molecule has 0 aliphatic rings. The molecule has 0 unspecified atom stereocenters. The Bertz CT molecular complexity index is 1480. The van der Waals surface area contributed by atoms with Gasteiger partial charge in [0.2, 0.25) is 5.91 Å². The quantitative estimate of drug-likeness (QED) is 0.329. The average molecular weight is 518 g/mol. The summed E-state index contributed by atoms with van der Waals surface area (Å²) >= 11 is 0. The molecule has 38 heavy (non-hydrogen) atoms. The number of hydrogen-bond donors (Lipinski definition) is 1. The third-order valence-electron chi connectivity index (χ3n) is 6.02. The second-order valence-corrected chi connectivity index (χ2v) is 8.60. The zero-order chi connectivity index (χ0) is 27.1. The molecule has 4 heterocycles. The van der Waals surface area contributed by atoms with E-state index in [1.807, 2.05) is 50.8 Å². The molecule has 0 radical (unpaired) electrons. The highest BCUT2D eigenvalue weighted by atomic mass is 18.2. The van der Waals surface area contributed by atoms with E-state index in [4.69, 9.17) is 9.84 Å². The van der Waals surface area contributed by atoms with Crippen LogP contribution in [0, 0.1) is 13.8 Å². The van der Waals surface area contributed by atoms with Gasteiger partial charge in [0.25, 0.3) is 0 Å². The fourth-order valence-electron chi connectivity index (χ4n) is 4.16. The minimum Gasteiger partial charge on any atom is -0.491 e. The van der Waals surface area contributed by atoms with Crippen LogP contribution in [0.5, 0.6) is 5.75 Å². The number of carbonyl (C=O) groups excluding carboxylic acids is 1. The zero-order valence-corrected chi connectivity index (χ0v) is 22.0. The molecular formula is C27H31FN8O2. The lowest BCUT2D eigenvalue weighted by Gasteiger charge is -2.18. The average Bonchev–Trinajstić information content (AvgIpc) is 3.54. The number of aromatic nitrogens is 7. The number of aryl methyl sites for hydroxylation is 2. The molecule has 5 rings (SSSR count). The van der Waals surface area contributed by atoms with Crippen molar-refractivity contribution < 1.29 is 13.9 Å². The third kappa shape index (κ3) is 5.93. The number of rotatable bonds is 8. The van der Waals surface area contributed by atoms with Crippen LogP contribution in [0.2, 0.25) is 0 Å². The molecule has 5 aromatic rings. The van der Waals surface area contributed by atoms with E-state index in [2.05, 4.69) is 25.1 Å². The molecular weight excluding hydrogens is 486 g/mol. The maximum Gasteiger partial charge on any atom is 0.227 e. The summed E-state index contributed by atoms with van der Waals surface area (Å²) in [4.78, 5) is 27.1. The van der Waals surface area contributed by atoms with Gasteiger partial charge in [-0.2, -0.15) is 10.2 Å². The molecule has 10 nitrogen and oxygen atoms in total. The third-order valence-corrected chi connectivity index (χ3v) is 6.02. The van der Waals surface area contributed by atoms with Gasteiger partial charge in [0.15, 0.2) is 5.65 Å². The van der Waals surface area contributed by atoms with Crippen LogP contribution < -0.4 is 4.74 Å². The zero-order valence-electron chi connectivity index (χ0n) is 22.0. The fraction of sp³-hybridized carbons (Fsp3) is 0.333. The van der Waals surface area contributed by atoms with Crippen LogP contribution in [0.15, 0.2) is 49.1 Å². The van der Waals surface area contributed by atoms with E-state index >= 15 is 0 Å². The number of benzene rings is 1. The SMILES string of the molecule is CCN(CC)C(=O)Cc1c(-c2ccc(OCC[18F])cc2)nn2c(C)cc(C)nc12.c1ncc2[nH]ncc2n1. The first-order valence-electron chi connectivity index (χ1n) is 12.5. The number of ether oxygens (including phenoxy) is 1. The van der Waals surface area contributed by atoms with Crippen molar-refractivity contribution >= 4 is 22.6 Å². The van der Waals surface area contributed by atoms with Crippen molar-refractivity contribution in [2.45, 2.75) is 34.1 Å². The van der Waals surface area contributed by atoms with Crippen molar-refractivity contribution in [1.82, 2.24) is 39.7 Å². The number of likely N-dealkylation sites (N-methyl/N-ethyl adjacent to an activating group) is 1. The first-order valence-corrected chi connectivity index (χ1v) is 12.5. The highest BCUT2D eigenvalue weighted by Crippen LogP contribution is 2.29. The molecule has 0 aliphatic carbocycles. The number of H-pyrrole nitrogens is 1. The molecule has 1 N–H and O–H groups in total. The Morgan fingerprint density at radius 2 is 1.89 bits per heavy atom. The molecule has 0 saturated heterocycles. The number of nitrogens with one attached hydrogen (secondary N) is 1. The van der Waals surface area contributed by atoms with Gasteiger partial charge < -0.3 is 9.64 Å². The minimum absolute atomic E-state index is 0.0275. The summed E-state index contributed by atoms with van der Waals surface area (Å²) in [5.74, 6) is 0.649. The van der Waals surface area contributed by atoms with Crippen molar-refractivity contribution in [3.63, 3.8) is 0 Å². The van der Waals surface area contributed by atoms with Gasteiger partial charge in [0, 0.05) is 35.6 Å². The summed E-state index contributed by atoms with van der Waals surface area (Å²) in [6.07, 6.45) is 5.08. The van der Waals surface area contributed by atoms with Crippen LogP contribution in [0.1, 0.15) is 30.8 Å². The predicted octanol–water partition coefficient (Wildman–Crippen LogP) is 4.13. The normalized spacial score (nSPS) is 10.9. The molecule has 1 amide bonds. The number of fused-ring (bicyclic) bond motifs is 2. The Kier molecular flexibility index (Phi) is 8.57. The largest absolute Gasteiger partial charge is 0.491 e. The Balaban J connectivity index is 0.000000311. The number of aromatic amines is 1. The first kappa shape index (κ1) is 26.6. The Morgan fingerprint density at radius 1 is 1.13 bits per heavy atom. The van der Waals surface area contributed by atoms with Crippen molar-refractivity contribution in [3.05, 3.63) is 66.0 Å². The molecule has 0 spiro atoms. The number of hydrogen-bond acceptors (Lipinski definition) is 7. The lowest BCUT2D eigenvalue weighted by molar-refractivity contribution is -0.130. The second-order valence-electron chi connectivity index (χ2n) is 8.60. The molecule has 0 bridgehead atoms. The van der Waals surface area contributed by atoms with Crippen LogP contribution in [-0.2, 0) is 11.2 Å². The first-order chi connectivity index (χ1) is 18.4. The molecule has 0 aliphatic heterocycles. The Morgan fingerprint density at radius 3 is 2.58 bits per heavy atom. The van der Waals surface area contributed by atoms with Crippen LogP contribution in [0.4, 0.5) is 4.39 Å². The maximum absolute atomic E-state index is 12.8. The lowest BCUT2D eigenvalue weighted by atomic mass is 10.0. The number of nitrogens with zero attached hydrogens (tertiary/aromatic N) is 7. The predicted molar refractivity (Wildman–Crippen MR) is 143 cm³/mol. The molecule has 0 saturated carbocycles. The lowest BCUT2D eigenvalue weighted by Crippen LogP contribution is -2.31. The standard InChI is InChI=1S/C22H27FN4O2.C5H4N4/c1-5-26(6-2)20(28)14-19-21(17-7-9-18(10-8-17)29-12-11-23)25-27-16(4)13-15(3)24-22(19)27;1-5-4(2-8-9-5)7-3-6-1/h7-10,13H,5-6,11-12,14H2,1-4H3;1-3H,(H,8,9)/i23-1;. The molecule has 1 aromatic carbocycles. The van der Waals surface area contributed by atoms with Gasteiger partial charge >= 0.3 is 0 Å². The van der Waals surface area contributed by atoms with E-state index in [1.165, 1.54) is 6.33 Å². The van der Waals surface area contributed by atoms with Crippen molar-refractivity contribution in [2.24, 2.45) is 0 Å². The fourth-order valence-corrected chi connectivity index (χ4v) is 4.16. The smallest absolute Gasteiger partial charge is 0.227 e. The van der Waals surface area contributed by atoms with Crippen molar-refractivity contribution in [1.29, 1.82) is 0 Å². The molecule has 0 atom stereocenters. The number of carbonyl (C=O) groups is 1. The van der Waals surface area contributed by atoms with Crippen LogP contribution in [-0.4, -0.2) is 71.9 Å². The van der Waals surface area contributed by atoms with Gasteiger partial charge in [0.05, 0.1) is 24.5 Å². The highest BCUT2D eigenvalue weighted by molar-refractivity contribution is 5.84.